The van der Waals surface area contributed by atoms with Crippen LogP contribution in [0.25, 0.3) is 0 Å². The lowest BCUT2D eigenvalue weighted by Crippen LogP contribution is -1.59. The van der Waals surface area contributed by atoms with Crippen LogP contribution in [0.1, 0.15) is 0 Å². The molecule has 0 spiro atoms. The molecule has 0 rings (SSSR count). The molecule has 0 aromatic heterocycles. The molecule has 0 aromatic carbocycles. The van der Waals surface area contributed by atoms with E-state index in [4.69, 9.17) is 0 Å². The molecule has 2 heteroatoms. The van der Waals surface area contributed by atoms with Crippen LogP contribution < -0.4 is 0 Å². The quantitative estimate of drug-likeness (QED) is 0.413. The molecule has 0 aliphatic heterocycles. The first-order valence-corrected chi connectivity index (χ1v) is 2.80. The summed E-state index contributed by atoms with van der Waals surface area (Å²) in [5.41, 5.74) is 0. The molecule has 0 aliphatic rings. The van der Waals surface area contributed by atoms with Crippen molar-refractivity contribution in [1.29, 1.82) is 0 Å². The van der Waals surface area contributed by atoms with Crippen LogP contribution in [-0.2, 0) is 0 Å². The Morgan fingerprint density at radius 1 is 1.75 bits per heavy atom. The summed E-state index contributed by atoms with van der Waals surface area (Å²) in [5.74, 6) is 0. The van der Waals surface area contributed by atoms with Gasteiger partial charge in [-0.15, -0.1) is 0 Å². The van der Waals surface area contributed by atoms with Gasteiger partial charge in [-0.05, 0) is 6.26 Å². The van der Waals surface area contributed by atoms with Crippen LogP contribution in [0.4, 0.5) is 0 Å². The van der Waals surface area contributed by atoms with Gasteiger partial charge in [-0.3, -0.25) is 0 Å². The summed E-state index contributed by atoms with van der Waals surface area (Å²) in [6.07, 6.45) is 2.10. The molecule has 24 valence electrons. The van der Waals surface area contributed by atoms with Gasteiger partial charge in [-0.25, -0.2) is 11.6 Å². The fourth-order valence-corrected chi connectivity index (χ4v) is 0. The molecule has 0 bridgehead atoms. The smallest absolute Gasteiger partial charge is 0.188 e. The van der Waals surface area contributed by atoms with Gasteiger partial charge in [0.05, 0.1) is 0 Å². The summed E-state index contributed by atoms with van der Waals surface area (Å²) in [7, 11) is 0. The fourth-order valence-electron chi connectivity index (χ4n) is 0. The molecule has 0 atom stereocenters. The highest BCUT2D eigenvalue weighted by Gasteiger charge is 1.61. The molecule has 0 amide bonds. The van der Waals surface area contributed by atoms with Gasteiger partial charge in [0.1, 0.15) is 0 Å². The summed E-state index contributed by atoms with van der Waals surface area (Å²) in [5, 5.41) is 0. The van der Waals surface area contributed by atoms with Gasteiger partial charge >= 0.3 is 0 Å². The molecular weight excluding hydrogens is 66.9 g/mol. The minimum absolute atomic E-state index is 1.24. The van der Waals surface area contributed by atoms with Crippen LogP contribution in [0.15, 0.2) is 0 Å². The Balaban J connectivity index is 1.97. The van der Waals surface area contributed by atoms with Crippen molar-refractivity contribution in [2.24, 2.45) is 0 Å². The number of hydrogen-bond acceptors (Lipinski definition) is 1. The average molecular weight is 74.0 g/mol. The van der Waals surface area contributed by atoms with E-state index in [9.17, 15) is 0 Å². The monoisotopic (exact) mass is 74.0 g/mol. The van der Waals surface area contributed by atoms with Crippen molar-refractivity contribution < 1.29 is 0 Å². The van der Waals surface area contributed by atoms with Crippen molar-refractivity contribution in [2.45, 2.75) is 6.82 Å². The summed E-state index contributed by atoms with van der Waals surface area (Å²) < 4.78 is 0. The Hall–Kier alpha value is 0.415. The van der Waals surface area contributed by atoms with Crippen LogP contribution >= 0.6 is 11.6 Å². The second kappa shape index (κ2) is 3.41. The molecule has 0 fully saturated rings. The Morgan fingerprint density at radius 3 is 2.00 bits per heavy atom. The Labute approximate surface area is 32.1 Å². The summed E-state index contributed by atoms with van der Waals surface area (Å²) in [6, 6.07) is 0. The molecule has 0 saturated carbocycles. The maximum atomic E-state index is 2.14. The van der Waals surface area contributed by atoms with Crippen LogP contribution in [-0.4, -0.2) is 12.8 Å². The van der Waals surface area contributed by atoms with Crippen molar-refractivity contribution in [3.05, 3.63) is 0 Å². The van der Waals surface area contributed by atoms with Gasteiger partial charge in [0.15, 0.2) is 6.56 Å². The molecule has 0 radical (unpaired) electrons. The largest absolute Gasteiger partial charge is 0.219 e. The van der Waals surface area contributed by atoms with E-state index in [1.54, 1.807) is 0 Å². The van der Waals surface area contributed by atoms with Crippen LogP contribution in [0.3, 0.4) is 0 Å². The van der Waals surface area contributed by atoms with Gasteiger partial charge in [0.25, 0.3) is 0 Å². The molecule has 0 aromatic rings. The molecule has 0 saturated heterocycles. The highest BCUT2D eigenvalue weighted by Crippen LogP contribution is 1.80. The Morgan fingerprint density at radius 2 is 2.00 bits per heavy atom. The van der Waals surface area contributed by atoms with Crippen LogP contribution in [0, 0.1) is 0 Å². The van der Waals surface area contributed by atoms with E-state index < -0.39 is 0 Å². The topological polar surface area (TPSA) is 0 Å². The summed E-state index contributed by atoms with van der Waals surface area (Å²) in [6.45, 7) is 3.38. The maximum absolute atomic E-state index is 2.14. The van der Waals surface area contributed by atoms with Crippen molar-refractivity contribution in [1.82, 2.24) is 0 Å². The first kappa shape index (κ1) is 4.41. The van der Waals surface area contributed by atoms with Gasteiger partial charge in [-0.2, -0.15) is 0 Å². The first-order valence-electron chi connectivity index (χ1n) is 1.40. The summed E-state index contributed by atoms with van der Waals surface area (Å²) >= 11 is 1.86. The van der Waals surface area contributed by atoms with Crippen molar-refractivity contribution >= 4 is 18.2 Å². The highest BCUT2D eigenvalue weighted by molar-refractivity contribution is 8.21. The minimum Gasteiger partial charge on any atom is -0.219 e. The van der Waals surface area contributed by atoms with Crippen LogP contribution in [0.2, 0.25) is 6.82 Å². The lowest BCUT2D eigenvalue weighted by atomic mass is 10.2. The summed E-state index contributed by atoms with van der Waals surface area (Å²) in [4.78, 5) is 0. The standard InChI is InChI=1S/C2H7BS/c1-3-4-2/h3H,1-2H3. The van der Waals surface area contributed by atoms with Crippen molar-refractivity contribution in [3.8, 4) is 0 Å². The van der Waals surface area contributed by atoms with E-state index in [2.05, 4.69) is 13.1 Å². The zero-order valence-electron chi connectivity index (χ0n) is 3.12. The predicted molar refractivity (Wildman–Crippen MR) is 26.5 cm³/mol. The molecule has 0 heterocycles. The molecule has 0 aliphatic carbocycles. The van der Waals surface area contributed by atoms with E-state index in [1.165, 1.54) is 6.56 Å². The van der Waals surface area contributed by atoms with Crippen molar-refractivity contribution in [3.63, 3.8) is 0 Å². The molecule has 0 N–H and O–H groups in total. The molecular formula is C2H7BS. The Bertz CT molecular complexity index is 8.00. The highest BCUT2D eigenvalue weighted by atomic mass is 32.2. The third kappa shape index (κ3) is 2.41. The van der Waals surface area contributed by atoms with E-state index in [1.807, 2.05) is 11.6 Å². The van der Waals surface area contributed by atoms with Crippen LogP contribution in [0.5, 0.6) is 0 Å². The zero-order chi connectivity index (χ0) is 3.41. The predicted octanol–water partition coefficient (Wildman–Crippen LogP) is 0.749. The molecule has 0 unspecified atom stereocenters. The normalized spacial score (nSPS) is 6.50. The van der Waals surface area contributed by atoms with E-state index in [-0.39, 0.29) is 0 Å². The molecule has 0 nitrogen and oxygen atoms in total. The first-order chi connectivity index (χ1) is 1.91. The lowest BCUT2D eigenvalue weighted by Gasteiger charge is -1.66. The molecule has 4 heavy (non-hydrogen) atoms. The third-order valence-corrected chi connectivity index (χ3v) is 0.866. The average Bonchev–Trinajstić information content (AvgIpc) is 1.37. The van der Waals surface area contributed by atoms with E-state index >= 15 is 0 Å². The third-order valence-electron chi connectivity index (χ3n) is 0.289. The lowest BCUT2D eigenvalue weighted by molar-refractivity contribution is 2.36. The maximum Gasteiger partial charge on any atom is 0.188 e. The van der Waals surface area contributed by atoms with Gasteiger partial charge in [0, 0.05) is 0 Å². The van der Waals surface area contributed by atoms with Crippen molar-refractivity contribution in [2.75, 3.05) is 6.26 Å². The zero-order valence-corrected chi connectivity index (χ0v) is 3.93. The Kier molecular flexibility index (Phi) is 3.77. The van der Waals surface area contributed by atoms with E-state index in [0.717, 1.165) is 0 Å². The second-order valence-electron chi connectivity index (χ2n) is 0.577. The minimum atomic E-state index is 1.24. The number of hydrogen-bond donors (Lipinski definition) is 0. The fraction of sp³-hybridized carbons (Fsp3) is 1.00. The van der Waals surface area contributed by atoms with Gasteiger partial charge in [0.2, 0.25) is 0 Å². The second-order valence-corrected chi connectivity index (χ2v) is 1.73. The number of rotatable bonds is 1. The van der Waals surface area contributed by atoms with E-state index in [0.29, 0.717) is 0 Å². The SMILES string of the molecule is CBSC. The van der Waals surface area contributed by atoms with Gasteiger partial charge in [-0.1, -0.05) is 6.82 Å². The van der Waals surface area contributed by atoms with Gasteiger partial charge < -0.3 is 0 Å².